The zero-order valence-corrected chi connectivity index (χ0v) is 23.2. The summed E-state index contributed by atoms with van der Waals surface area (Å²) >= 11 is 0. The molecule has 3 rings (SSSR count). The standard InChI is InChI=1S/C29H43O2P/c1-26(2,3)20-17-18-22-23(25(20)28(7,8)9)24(27(4,5)6)19-15-13-14-16-21(19)30-32(31-22)29(10,11)12/h13-18,24H,1-12H3. The minimum Gasteiger partial charge on any atom is -0.438 e. The number of hydrogen-bond acceptors (Lipinski definition) is 2. The molecule has 176 valence electrons. The van der Waals surface area contributed by atoms with Crippen molar-refractivity contribution in [1.29, 1.82) is 0 Å². The maximum atomic E-state index is 6.83. The van der Waals surface area contributed by atoms with Gasteiger partial charge in [-0.25, -0.2) is 0 Å². The van der Waals surface area contributed by atoms with E-state index in [9.17, 15) is 0 Å². The minimum absolute atomic E-state index is 0.0179. The summed E-state index contributed by atoms with van der Waals surface area (Å²) in [6, 6.07) is 13.1. The fraction of sp³-hybridized carbons (Fsp3) is 0.586. The van der Waals surface area contributed by atoms with Crippen LogP contribution >= 0.6 is 8.38 Å². The lowest BCUT2D eigenvalue weighted by Gasteiger charge is -2.43. The third-order valence-electron chi connectivity index (χ3n) is 6.06. The molecule has 0 N–H and O–H groups in total. The fourth-order valence-electron chi connectivity index (χ4n) is 4.73. The Morgan fingerprint density at radius 2 is 1.22 bits per heavy atom. The smallest absolute Gasteiger partial charge is 0.296 e. The molecule has 3 heteroatoms. The van der Waals surface area contributed by atoms with Gasteiger partial charge in [0.05, 0.1) is 5.16 Å². The van der Waals surface area contributed by atoms with Crippen molar-refractivity contribution in [2.24, 2.45) is 5.41 Å². The second kappa shape index (κ2) is 8.05. The van der Waals surface area contributed by atoms with E-state index in [2.05, 4.69) is 119 Å². The van der Waals surface area contributed by atoms with Gasteiger partial charge >= 0.3 is 0 Å². The summed E-state index contributed by atoms with van der Waals surface area (Å²) in [5.74, 6) is 2.10. The molecule has 0 bridgehead atoms. The van der Waals surface area contributed by atoms with Crippen LogP contribution in [0.1, 0.15) is 111 Å². The molecular formula is C29H43O2P. The molecule has 0 spiro atoms. The Kier molecular flexibility index (Phi) is 6.31. The van der Waals surface area contributed by atoms with Crippen LogP contribution in [0.15, 0.2) is 36.4 Å². The van der Waals surface area contributed by atoms with Gasteiger partial charge in [-0.1, -0.05) is 86.6 Å². The summed E-state index contributed by atoms with van der Waals surface area (Å²) in [5, 5.41) is -0.112. The van der Waals surface area contributed by atoms with Gasteiger partial charge in [-0.3, -0.25) is 0 Å². The molecule has 0 aliphatic carbocycles. The number of hydrogen-bond donors (Lipinski definition) is 0. The minimum atomic E-state index is -1.17. The largest absolute Gasteiger partial charge is 0.438 e. The average molecular weight is 455 g/mol. The predicted octanol–water partition coefficient (Wildman–Crippen LogP) is 9.34. The average Bonchev–Trinajstić information content (AvgIpc) is 2.57. The molecule has 2 nitrogen and oxygen atoms in total. The van der Waals surface area contributed by atoms with E-state index in [0.717, 1.165) is 11.5 Å². The maximum absolute atomic E-state index is 6.83. The molecule has 0 saturated heterocycles. The molecule has 0 fully saturated rings. The van der Waals surface area contributed by atoms with Gasteiger partial charge in [0, 0.05) is 17.0 Å². The van der Waals surface area contributed by atoms with Crippen LogP contribution in [0.4, 0.5) is 0 Å². The Morgan fingerprint density at radius 3 is 1.72 bits per heavy atom. The first-order valence-corrected chi connectivity index (χ1v) is 13.0. The molecule has 32 heavy (non-hydrogen) atoms. The summed E-state index contributed by atoms with van der Waals surface area (Å²) in [6.45, 7) is 27.6. The van der Waals surface area contributed by atoms with Crippen molar-refractivity contribution in [2.45, 2.75) is 105 Å². The van der Waals surface area contributed by atoms with Gasteiger partial charge in [-0.05, 0) is 60.3 Å². The fourth-order valence-corrected chi connectivity index (χ4v) is 6.00. The summed E-state index contributed by atoms with van der Waals surface area (Å²) in [6.07, 6.45) is 0. The quantitative estimate of drug-likeness (QED) is 0.369. The van der Waals surface area contributed by atoms with Crippen molar-refractivity contribution in [2.75, 3.05) is 0 Å². The van der Waals surface area contributed by atoms with Gasteiger partial charge in [-0.15, -0.1) is 0 Å². The molecule has 2 aromatic carbocycles. The molecule has 0 aromatic heterocycles. The third-order valence-corrected chi connectivity index (χ3v) is 7.88. The molecule has 0 radical (unpaired) electrons. The zero-order valence-electron chi connectivity index (χ0n) is 22.3. The van der Waals surface area contributed by atoms with Gasteiger partial charge in [0.2, 0.25) is 0 Å². The Morgan fingerprint density at radius 1 is 0.656 bits per heavy atom. The van der Waals surface area contributed by atoms with Crippen LogP contribution < -0.4 is 9.05 Å². The van der Waals surface area contributed by atoms with E-state index in [1.807, 2.05) is 0 Å². The Balaban J connectivity index is 2.51. The third kappa shape index (κ3) is 4.86. The van der Waals surface area contributed by atoms with Crippen LogP contribution in [0.3, 0.4) is 0 Å². The van der Waals surface area contributed by atoms with Crippen LogP contribution in [0.25, 0.3) is 0 Å². The van der Waals surface area contributed by atoms with Crippen LogP contribution in [0.5, 0.6) is 11.5 Å². The van der Waals surface area contributed by atoms with Crippen molar-refractivity contribution in [3.05, 3.63) is 58.7 Å². The van der Waals surface area contributed by atoms with Crippen molar-refractivity contribution in [3.8, 4) is 11.5 Å². The number of rotatable bonds is 0. The SMILES string of the molecule is CC(C)(C)c1ccc2c(c1C(C)(C)C)C(C(C)(C)C)c1ccccc1OP(C(C)(C)C)O2. The van der Waals surface area contributed by atoms with E-state index in [4.69, 9.17) is 9.05 Å². The van der Waals surface area contributed by atoms with Crippen molar-refractivity contribution in [1.82, 2.24) is 0 Å². The normalized spacial score (nSPS) is 19.8. The molecule has 0 amide bonds. The van der Waals surface area contributed by atoms with Gasteiger partial charge in [0.25, 0.3) is 8.38 Å². The van der Waals surface area contributed by atoms with E-state index in [1.165, 1.54) is 22.3 Å². The molecule has 1 heterocycles. The van der Waals surface area contributed by atoms with Crippen LogP contribution in [0, 0.1) is 5.41 Å². The van der Waals surface area contributed by atoms with Gasteiger partial charge in [-0.2, -0.15) is 0 Å². The van der Waals surface area contributed by atoms with Crippen molar-refractivity contribution in [3.63, 3.8) is 0 Å². The monoisotopic (exact) mass is 454 g/mol. The molecule has 1 aliphatic heterocycles. The summed E-state index contributed by atoms with van der Waals surface area (Å²) in [5.41, 5.74) is 5.41. The number of para-hydroxylation sites is 1. The van der Waals surface area contributed by atoms with Gasteiger partial charge in [0.15, 0.2) is 0 Å². The van der Waals surface area contributed by atoms with Crippen LogP contribution in [-0.2, 0) is 10.8 Å². The number of fused-ring (bicyclic) bond motifs is 2. The highest BCUT2D eigenvalue weighted by molar-refractivity contribution is 7.49. The van der Waals surface area contributed by atoms with Crippen molar-refractivity contribution >= 4 is 8.38 Å². The molecular weight excluding hydrogens is 411 g/mol. The van der Waals surface area contributed by atoms with Gasteiger partial charge < -0.3 is 9.05 Å². The summed E-state index contributed by atoms with van der Waals surface area (Å²) < 4.78 is 13.5. The second-order valence-electron chi connectivity index (χ2n) is 13.3. The Labute approximate surface area is 198 Å². The van der Waals surface area contributed by atoms with Crippen LogP contribution in [0.2, 0.25) is 0 Å². The van der Waals surface area contributed by atoms with E-state index in [-0.39, 0.29) is 27.3 Å². The topological polar surface area (TPSA) is 18.5 Å². The van der Waals surface area contributed by atoms with E-state index >= 15 is 0 Å². The lowest BCUT2D eigenvalue weighted by molar-refractivity contribution is 0.332. The van der Waals surface area contributed by atoms with E-state index in [1.54, 1.807) is 0 Å². The zero-order chi connectivity index (χ0) is 24.3. The highest BCUT2D eigenvalue weighted by Gasteiger charge is 2.43. The lowest BCUT2D eigenvalue weighted by Crippen LogP contribution is -2.31. The first-order chi connectivity index (χ1) is 14.4. The molecule has 0 saturated carbocycles. The maximum Gasteiger partial charge on any atom is 0.296 e. The van der Waals surface area contributed by atoms with E-state index in [0.29, 0.717) is 0 Å². The highest BCUT2D eigenvalue weighted by atomic mass is 31.2. The highest BCUT2D eigenvalue weighted by Crippen LogP contribution is 2.60. The lowest BCUT2D eigenvalue weighted by atomic mass is 9.65. The summed E-state index contributed by atoms with van der Waals surface area (Å²) in [4.78, 5) is 0. The first kappa shape index (κ1) is 25.1. The van der Waals surface area contributed by atoms with Crippen molar-refractivity contribution < 1.29 is 9.05 Å². The van der Waals surface area contributed by atoms with E-state index < -0.39 is 8.38 Å². The molecule has 2 atom stereocenters. The predicted molar refractivity (Wildman–Crippen MR) is 140 cm³/mol. The number of benzene rings is 2. The Bertz CT molecular complexity index is 978. The first-order valence-electron chi connectivity index (χ1n) is 11.9. The summed E-state index contributed by atoms with van der Waals surface area (Å²) in [7, 11) is -1.17. The second-order valence-corrected chi connectivity index (χ2v) is 15.6. The molecule has 2 aromatic rings. The van der Waals surface area contributed by atoms with Gasteiger partial charge in [0.1, 0.15) is 11.5 Å². The molecule has 1 aliphatic rings. The molecule has 2 unspecified atom stereocenters. The Hall–Kier alpha value is -1.53. The van der Waals surface area contributed by atoms with Crippen LogP contribution in [-0.4, -0.2) is 5.16 Å².